The first-order valence-electron chi connectivity index (χ1n) is 8.83. The largest absolute Gasteiger partial charge is 0.300 e. The lowest BCUT2D eigenvalue weighted by atomic mass is 9.85. The molecule has 23 heavy (non-hydrogen) atoms. The van der Waals surface area contributed by atoms with E-state index in [-0.39, 0.29) is 5.82 Å². The van der Waals surface area contributed by atoms with Crippen LogP contribution in [0.1, 0.15) is 36.0 Å². The number of likely N-dealkylation sites (tertiary alicyclic amines) is 1. The van der Waals surface area contributed by atoms with Gasteiger partial charge in [0, 0.05) is 6.04 Å². The number of rotatable bonds is 2. The molecular formula is C21H24FN. The zero-order chi connectivity index (χ0) is 15.8. The number of hydrogen-bond donors (Lipinski definition) is 0. The van der Waals surface area contributed by atoms with Gasteiger partial charge >= 0.3 is 0 Å². The van der Waals surface area contributed by atoms with Gasteiger partial charge in [0.15, 0.2) is 0 Å². The van der Waals surface area contributed by atoms with Gasteiger partial charge in [-0.1, -0.05) is 24.3 Å². The molecule has 1 unspecified atom stereocenters. The molecule has 2 aliphatic rings. The van der Waals surface area contributed by atoms with Crippen LogP contribution in [0.5, 0.6) is 0 Å². The van der Waals surface area contributed by atoms with E-state index in [4.69, 9.17) is 0 Å². The molecule has 120 valence electrons. The Balaban J connectivity index is 1.58. The average Bonchev–Trinajstić information content (AvgIpc) is 3.11. The van der Waals surface area contributed by atoms with Crippen LogP contribution in [0.25, 0.3) is 11.1 Å². The Labute approximate surface area is 138 Å². The molecular weight excluding hydrogens is 285 g/mol. The molecule has 1 aliphatic heterocycles. The van der Waals surface area contributed by atoms with Gasteiger partial charge in [0.25, 0.3) is 0 Å². The van der Waals surface area contributed by atoms with Crippen LogP contribution in [0.4, 0.5) is 4.39 Å². The summed E-state index contributed by atoms with van der Waals surface area (Å²) in [7, 11) is 0. The minimum absolute atomic E-state index is 0.125. The molecule has 0 saturated carbocycles. The van der Waals surface area contributed by atoms with E-state index in [0.29, 0.717) is 5.56 Å². The maximum absolute atomic E-state index is 13.5. The van der Waals surface area contributed by atoms with E-state index in [1.165, 1.54) is 61.9 Å². The lowest BCUT2D eigenvalue weighted by molar-refractivity contribution is 0.222. The highest BCUT2D eigenvalue weighted by molar-refractivity contribution is 5.66. The quantitative estimate of drug-likeness (QED) is 0.773. The van der Waals surface area contributed by atoms with E-state index in [0.717, 1.165) is 11.6 Å². The smallest absolute Gasteiger partial charge is 0.126 e. The minimum atomic E-state index is -0.125. The Kier molecular flexibility index (Phi) is 3.94. The zero-order valence-electron chi connectivity index (χ0n) is 13.8. The summed E-state index contributed by atoms with van der Waals surface area (Å²) < 4.78 is 13.5. The topological polar surface area (TPSA) is 3.24 Å². The van der Waals surface area contributed by atoms with Crippen LogP contribution in [0.2, 0.25) is 0 Å². The van der Waals surface area contributed by atoms with Gasteiger partial charge in [-0.25, -0.2) is 4.39 Å². The van der Waals surface area contributed by atoms with Crippen molar-refractivity contribution < 1.29 is 4.39 Å². The van der Waals surface area contributed by atoms with Gasteiger partial charge in [-0.15, -0.1) is 0 Å². The molecule has 1 aliphatic carbocycles. The first-order valence-corrected chi connectivity index (χ1v) is 8.83. The molecule has 2 aromatic carbocycles. The Morgan fingerprint density at radius 2 is 1.70 bits per heavy atom. The standard InChI is InChI=1S/C21H24FN/c1-15-12-16(7-9-21(15)22)17-4-5-19-14-20(8-6-18(19)13-17)23-10-2-3-11-23/h4-5,7,9,12-13,20H,2-3,6,8,10-11,14H2,1H3. The van der Waals surface area contributed by atoms with E-state index in [9.17, 15) is 4.39 Å². The van der Waals surface area contributed by atoms with Crippen LogP contribution in [0.3, 0.4) is 0 Å². The van der Waals surface area contributed by atoms with Crippen molar-refractivity contribution in [2.45, 2.75) is 45.1 Å². The average molecular weight is 309 g/mol. The fourth-order valence-corrected chi connectivity index (χ4v) is 4.16. The summed E-state index contributed by atoms with van der Waals surface area (Å²) in [4.78, 5) is 2.68. The van der Waals surface area contributed by atoms with Crippen molar-refractivity contribution in [2.75, 3.05) is 13.1 Å². The van der Waals surface area contributed by atoms with Crippen LogP contribution >= 0.6 is 0 Å². The minimum Gasteiger partial charge on any atom is -0.300 e. The SMILES string of the molecule is Cc1cc(-c2ccc3c(c2)CCC(N2CCCC2)C3)ccc1F. The van der Waals surface area contributed by atoms with Crippen molar-refractivity contribution in [1.29, 1.82) is 0 Å². The van der Waals surface area contributed by atoms with Crippen LogP contribution in [0.15, 0.2) is 36.4 Å². The van der Waals surface area contributed by atoms with Gasteiger partial charge in [0.1, 0.15) is 5.82 Å². The predicted octanol–water partition coefficient (Wildman–Crippen LogP) is 4.75. The number of hydrogen-bond acceptors (Lipinski definition) is 1. The summed E-state index contributed by atoms with van der Waals surface area (Å²) in [6.45, 7) is 4.40. The summed E-state index contributed by atoms with van der Waals surface area (Å²) in [5.41, 5.74) is 6.05. The number of aryl methyl sites for hydroxylation is 2. The maximum Gasteiger partial charge on any atom is 0.126 e. The van der Waals surface area contributed by atoms with Crippen LogP contribution in [0, 0.1) is 12.7 Å². The van der Waals surface area contributed by atoms with E-state index < -0.39 is 0 Å². The second-order valence-corrected chi connectivity index (χ2v) is 7.09. The van der Waals surface area contributed by atoms with E-state index in [1.54, 1.807) is 6.07 Å². The molecule has 1 nitrogen and oxygen atoms in total. The molecule has 1 fully saturated rings. The molecule has 1 heterocycles. The van der Waals surface area contributed by atoms with Gasteiger partial charge in [0.2, 0.25) is 0 Å². The molecule has 0 N–H and O–H groups in total. The molecule has 0 bridgehead atoms. The fourth-order valence-electron chi connectivity index (χ4n) is 4.16. The lowest BCUT2D eigenvalue weighted by Gasteiger charge is -2.32. The summed E-state index contributed by atoms with van der Waals surface area (Å²) in [5.74, 6) is -0.125. The monoisotopic (exact) mass is 309 g/mol. The Bertz CT molecular complexity index is 716. The number of benzene rings is 2. The van der Waals surface area contributed by atoms with Crippen LogP contribution in [-0.4, -0.2) is 24.0 Å². The van der Waals surface area contributed by atoms with Gasteiger partial charge in [0.05, 0.1) is 0 Å². The Hall–Kier alpha value is -1.67. The van der Waals surface area contributed by atoms with Crippen molar-refractivity contribution in [3.05, 3.63) is 58.9 Å². The predicted molar refractivity (Wildman–Crippen MR) is 93.2 cm³/mol. The van der Waals surface area contributed by atoms with Gasteiger partial charge in [-0.05, 0) is 92.1 Å². The van der Waals surface area contributed by atoms with E-state index in [1.807, 2.05) is 19.1 Å². The summed E-state index contributed by atoms with van der Waals surface area (Å²) in [5, 5.41) is 0. The third-order valence-electron chi connectivity index (χ3n) is 5.56. The van der Waals surface area contributed by atoms with Crippen molar-refractivity contribution in [3.63, 3.8) is 0 Å². The Morgan fingerprint density at radius 3 is 2.48 bits per heavy atom. The molecule has 4 rings (SSSR count). The molecule has 1 atom stereocenters. The van der Waals surface area contributed by atoms with Crippen molar-refractivity contribution in [2.24, 2.45) is 0 Å². The van der Waals surface area contributed by atoms with Crippen LogP contribution in [-0.2, 0) is 12.8 Å². The molecule has 1 saturated heterocycles. The number of fused-ring (bicyclic) bond motifs is 1. The highest BCUT2D eigenvalue weighted by Crippen LogP contribution is 2.31. The number of halogens is 1. The van der Waals surface area contributed by atoms with Crippen molar-refractivity contribution >= 4 is 0 Å². The molecule has 0 aromatic heterocycles. The Morgan fingerprint density at radius 1 is 0.957 bits per heavy atom. The fraction of sp³-hybridized carbons (Fsp3) is 0.429. The highest BCUT2D eigenvalue weighted by Gasteiger charge is 2.26. The molecule has 0 spiro atoms. The van der Waals surface area contributed by atoms with E-state index >= 15 is 0 Å². The third-order valence-corrected chi connectivity index (χ3v) is 5.56. The molecule has 2 heteroatoms. The van der Waals surface area contributed by atoms with Crippen molar-refractivity contribution in [3.8, 4) is 11.1 Å². The molecule has 2 aromatic rings. The maximum atomic E-state index is 13.5. The third kappa shape index (κ3) is 2.92. The van der Waals surface area contributed by atoms with Gasteiger partial charge in [-0.3, -0.25) is 0 Å². The summed E-state index contributed by atoms with van der Waals surface area (Å²) in [6, 6.07) is 13.0. The second kappa shape index (κ2) is 6.09. The van der Waals surface area contributed by atoms with Gasteiger partial charge in [-0.2, -0.15) is 0 Å². The van der Waals surface area contributed by atoms with Crippen LogP contribution < -0.4 is 0 Å². The summed E-state index contributed by atoms with van der Waals surface area (Å²) in [6.07, 6.45) is 6.37. The lowest BCUT2D eigenvalue weighted by Crippen LogP contribution is -2.37. The first kappa shape index (κ1) is 14.9. The van der Waals surface area contributed by atoms with E-state index in [2.05, 4.69) is 23.1 Å². The first-order chi connectivity index (χ1) is 11.2. The number of nitrogens with zero attached hydrogens (tertiary/aromatic N) is 1. The molecule has 0 radical (unpaired) electrons. The molecule has 0 amide bonds. The zero-order valence-corrected chi connectivity index (χ0v) is 13.8. The highest BCUT2D eigenvalue weighted by atomic mass is 19.1. The van der Waals surface area contributed by atoms with Crippen molar-refractivity contribution in [1.82, 2.24) is 4.90 Å². The van der Waals surface area contributed by atoms with Gasteiger partial charge < -0.3 is 4.90 Å². The normalized spacial score (nSPS) is 21.4. The summed E-state index contributed by atoms with van der Waals surface area (Å²) >= 11 is 0. The second-order valence-electron chi connectivity index (χ2n) is 7.09.